The Morgan fingerprint density at radius 1 is 1.15 bits per heavy atom. The molecule has 1 heterocycles. The lowest BCUT2D eigenvalue weighted by Crippen LogP contribution is -2.42. The van der Waals surface area contributed by atoms with Gasteiger partial charge in [-0.3, -0.25) is 4.79 Å². The summed E-state index contributed by atoms with van der Waals surface area (Å²) in [5.41, 5.74) is 0.850. The second kappa shape index (κ2) is 9.46. The third-order valence-electron chi connectivity index (χ3n) is 5.83. The molecular weight excluding hydrogens is 422 g/mol. The number of hydrogen-bond acceptors (Lipinski definition) is 7. The van der Waals surface area contributed by atoms with Crippen molar-refractivity contribution in [1.82, 2.24) is 15.4 Å². The second-order valence-corrected chi connectivity index (χ2v) is 8.25. The van der Waals surface area contributed by atoms with E-state index in [0.717, 1.165) is 29.2 Å². The molecule has 172 valence electrons. The maximum atomic E-state index is 12.7. The molecule has 33 heavy (non-hydrogen) atoms. The number of hydroxylamine groups is 2. The maximum Gasteiger partial charge on any atom is 0.347 e. The Bertz CT molecular complexity index is 1180. The summed E-state index contributed by atoms with van der Waals surface area (Å²) >= 11 is 0. The van der Waals surface area contributed by atoms with Gasteiger partial charge in [-0.2, -0.15) is 0 Å². The Balaban J connectivity index is 1.44. The zero-order valence-electron chi connectivity index (χ0n) is 18.8. The van der Waals surface area contributed by atoms with Crippen LogP contribution in [-0.2, 0) is 9.63 Å². The molecule has 2 unspecified atom stereocenters. The number of rotatable bonds is 8. The monoisotopic (exact) mass is 449 g/mol. The summed E-state index contributed by atoms with van der Waals surface area (Å²) in [4.78, 5) is 34.8. The fourth-order valence-electron chi connectivity index (χ4n) is 3.95. The van der Waals surface area contributed by atoms with E-state index in [4.69, 9.17) is 9.57 Å². The Labute approximate surface area is 192 Å². The molecule has 8 heteroatoms. The lowest BCUT2D eigenvalue weighted by Gasteiger charge is -2.28. The highest BCUT2D eigenvalue weighted by Gasteiger charge is 2.37. The summed E-state index contributed by atoms with van der Waals surface area (Å²) in [6.07, 6.45) is 3.47. The molecule has 3 aromatic rings. The van der Waals surface area contributed by atoms with Gasteiger partial charge >= 0.3 is 5.97 Å². The molecule has 2 atom stereocenters. The number of methoxy groups -OCH3 is 1. The molecule has 1 fully saturated rings. The first-order chi connectivity index (χ1) is 15.9. The van der Waals surface area contributed by atoms with Crippen molar-refractivity contribution in [2.45, 2.75) is 31.8 Å². The Hall–Kier alpha value is -3.65. The van der Waals surface area contributed by atoms with E-state index in [2.05, 4.69) is 40.6 Å². The summed E-state index contributed by atoms with van der Waals surface area (Å²) in [6.45, 7) is 1.52. The Morgan fingerprint density at radius 2 is 1.88 bits per heavy atom. The van der Waals surface area contributed by atoms with Gasteiger partial charge in [0.2, 0.25) is 0 Å². The number of carbonyl (C=O) groups is 2. The van der Waals surface area contributed by atoms with E-state index in [1.807, 2.05) is 12.1 Å². The largest absolute Gasteiger partial charge is 0.503 e. The summed E-state index contributed by atoms with van der Waals surface area (Å²) in [6, 6.07) is 14.8. The number of nitrogens with one attached hydrogen (secondary N) is 1. The van der Waals surface area contributed by atoms with Crippen molar-refractivity contribution in [2.24, 2.45) is 5.92 Å². The lowest BCUT2D eigenvalue weighted by molar-refractivity contribution is -0.198. The van der Waals surface area contributed by atoms with E-state index < -0.39 is 17.9 Å². The number of aromatic nitrogens is 1. The van der Waals surface area contributed by atoms with Crippen LogP contribution < -0.4 is 10.1 Å². The SMILES string of the molecule is COc1ccnc(C(=O)NC(C)C(=O)ON(C)C(c2ccc3ccccc3c2)C2CC2)c1O. The van der Waals surface area contributed by atoms with Crippen molar-refractivity contribution < 1.29 is 24.3 Å². The quantitative estimate of drug-likeness (QED) is 0.507. The van der Waals surface area contributed by atoms with Crippen LogP contribution in [0.1, 0.15) is 41.9 Å². The number of hydrogen-bond donors (Lipinski definition) is 2. The average Bonchev–Trinajstić information content (AvgIpc) is 3.64. The molecule has 1 aliphatic carbocycles. The first kappa shape index (κ1) is 22.5. The van der Waals surface area contributed by atoms with Gasteiger partial charge in [0.25, 0.3) is 5.91 Å². The molecule has 0 saturated heterocycles. The number of fused-ring (bicyclic) bond motifs is 1. The predicted octanol–water partition coefficient (Wildman–Crippen LogP) is 3.61. The standard InChI is InChI=1S/C25H27N3O5/c1-15(27-24(30)21-23(29)20(32-3)12-13-26-21)25(31)33-28(2)22(17-9-10-17)19-11-8-16-6-4-5-7-18(16)14-19/h4-8,11-15,17,22,29H,9-10H2,1-3H3,(H,27,30). The molecule has 0 aliphatic heterocycles. The molecule has 0 spiro atoms. The van der Waals surface area contributed by atoms with Crippen LogP contribution in [0.2, 0.25) is 0 Å². The number of nitrogens with zero attached hydrogens (tertiary/aromatic N) is 2. The summed E-state index contributed by atoms with van der Waals surface area (Å²) in [7, 11) is 3.11. The van der Waals surface area contributed by atoms with Crippen molar-refractivity contribution >= 4 is 22.6 Å². The highest BCUT2D eigenvalue weighted by atomic mass is 16.7. The van der Waals surface area contributed by atoms with Crippen LogP contribution in [0, 0.1) is 5.92 Å². The van der Waals surface area contributed by atoms with E-state index in [1.54, 1.807) is 12.1 Å². The summed E-state index contributed by atoms with van der Waals surface area (Å²) in [5, 5.41) is 16.5. The number of benzene rings is 2. The molecule has 0 radical (unpaired) electrons. The van der Waals surface area contributed by atoms with E-state index in [9.17, 15) is 14.7 Å². The molecular formula is C25H27N3O5. The second-order valence-electron chi connectivity index (χ2n) is 8.25. The minimum Gasteiger partial charge on any atom is -0.503 e. The fourth-order valence-corrected chi connectivity index (χ4v) is 3.95. The van der Waals surface area contributed by atoms with Crippen LogP contribution in [0.25, 0.3) is 10.8 Å². The van der Waals surface area contributed by atoms with Crippen LogP contribution in [0.3, 0.4) is 0 Å². The van der Waals surface area contributed by atoms with Gasteiger partial charge in [0, 0.05) is 19.3 Å². The van der Waals surface area contributed by atoms with E-state index in [1.165, 1.54) is 26.3 Å². The molecule has 8 nitrogen and oxygen atoms in total. The number of amides is 1. The van der Waals surface area contributed by atoms with Crippen LogP contribution in [0.15, 0.2) is 54.7 Å². The van der Waals surface area contributed by atoms with E-state index in [0.29, 0.717) is 5.92 Å². The fraction of sp³-hybridized carbons (Fsp3) is 0.320. The molecule has 2 N–H and O–H groups in total. The van der Waals surface area contributed by atoms with Gasteiger partial charge in [0.1, 0.15) is 6.04 Å². The third-order valence-corrected chi connectivity index (χ3v) is 5.83. The minimum absolute atomic E-state index is 0.0782. The number of pyridine rings is 1. The van der Waals surface area contributed by atoms with Crippen LogP contribution in [-0.4, -0.2) is 47.2 Å². The first-order valence-electron chi connectivity index (χ1n) is 10.8. The van der Waals surface area contributed by atoms with Crippen molar-refractivity contribution in [3.63, 3.8) is 0 Å². The number of ether oxygens (including phenoxy) is 1. The molecule has 0 bridgehead atoms. The van der Waals surface area contributed by atoms with Gasteiger partial charge in [-0.1, -0.05) is 36.4 Å². The highest BCUT2D eigenvalue weighted by molar-refractivity contribution is 5.97. The first-order valence-corrected chi connectivity index (χ1v) is 10.8. The molecule has 1 saturated carbocycles. The van der Waals surface area contributed by atoms with Crippen molar-refractivity contribution in [3.05, 3.63) is 66.0 Å². The van der Waals surface area contributed by atoms with E-state index in [-0.39, 0.29) is 23.2 Å². The van der Waals surface area contributed by atoms with Crippen molar-refractivity contribution in [2.75, 3.05) is 14.2 Å². The van der Waals surface area contributed by atoms with Crippen LogP contribution >= 0.6 is 0 Å². The Kier molecular flexibility index (Phi) is 6.46. The normalized spacial score (nSPS) is 15.2. The number of carbonyl (C=O) groups excluding carboxylic acids is 2. The molecule has 4 rings (SSSR count). The van der Waals surface area contributed by atoms with Gasteiger partial charge in [0.05, 0.1) is 13.2 Å². The topological polar surface area (TPSA) is 101 Å². The predicted molar refractivity (Wildman–Crippen MR) is 123 cm³/mol. The molecule has 2 aromatic carbocycles. The van der Waals surface area contributed by atoms with Crippen molar-refractivity contribution in [3.8, 4) is 11.5 Å². The minimum atomic E-state index is -0.955. The molecule has 1 amide bonds. The zero-order chi connectivity index (χ0) is 23.5. The molecule has 1 aromatic heterocycles. The van der Waals surface area contributed by atoms with Gasteiger partial charge in [-0.15, -0.1) is 5.06 Å². The van der Waals surface area contributed by atoms with Gasteiger partial charge in [0.15, 0.2) is 17.2 Å². The van der Waals surface area contributed by atoms with Gasteiger partial charge < -0.3 is 20.0 Å². The van der Waals surface area contributed by atoms with Crippen LogP contribution in [0.5, 0.6) is 11.5 Å². The maximum absolute atomic E-state index is 12.7. The molecule has 1 aliphatic rings. The third kappa shape index (κ3) is 4.90. The summed E-state index contributed by atoms with van der Waals surface area (Å²) in [5.74, 6) is -1.19. The summed E-state index contributed by atoms with van der Waals surface area (Å²) < 4.78 is 5.00. The van der Waals surface area contributed by atoms with Gasteiger partial charge in [-0.25, -0.2) is 9.78 Å². The number of aromatic hydroxyl groups is 1. The van der Waals surface area contributed by atoms with Crippen molar-refractivity contribution in [1.29, 1.82) is 0 Å². The smallest absolute Gasteiger partial charge is 0.347 e. The highest BCUT2D eigenvalue weighted by Crippen LogP contribution is 2.44. The lowest BCUT2D eigenvalue weighted by atomic mass is 9.99. The van der Waals surface area contributed by atoms with Crippen LogP contribution in [0.4, 0.5) is 0 Å². The van der Waals surface area contributed by atoms with Gasteiger partial charge in [-0.05, 0) is 48.1 Å². The zero-order valence-corrected chi connectivity index (χ0v) is 18.8. The Morgan fingerprint density at radius 3 is 2.58 bits per heavy atom. The van der Waals surface area contributed by atoms with E-state index >= 15 is 0 Å². The average molecular weight is 450 g/mol.